The number of hydrogen-bond acceptors (Lipinski definition) is 4. The highest BCUT2D eigenvalue weighted by molar-refractivity contribution is 5.57. The van der Waals surface area contributed by atoms with Crippen LogP contribution in [0.25, 0.3) is 0 Å². The van der Waals surface area contributed by atoms with Crippen LogP contribution in [0, 0.1) is 28.1 Å². The molecule has 1 fully saturated rings. The van der Waals surface area contributed by atoms with Gasteiger partial charge in [-0.15, -0.1) is 0 Å². The minimum atomic E-state index is 0.108. The van der Waals surface area contributed by atoms with E-state index in [1.807, 2.05) is 19.1 Å². The summed E-state index contributed by atoms with van der Waals surface area (Å²) in [6, 6.07) is 9.76. The molecule has 110 valence electrons. The van der Waals surface area contributed by atoms with Crippen LogP contribution < -0.4 is 5.32 Å². The molecule has 1 aromatic carbocycles. The Morgan fingerprint density at radius 1 is 1.29 bits per heavy atom. The summed E-state index contributed by atoms with van der Waals surface area (Å²) < 4.78 is 5.80. The molecule has 21 heavy (non-hydrogen) atoms. The maximum atomic E-state index is 9.09. The van der Waals surface area contributed by atoms with Gasteiger partial charge in [0.1, 0.15) is 12.1 Å². The standard InChI is InChI=1S/C17H21N3O/c1-4-17(3)15(9-16(17)21-5-2)20-14-7-6-12(10-18)13(8-14)11-19/h6-8,15-16,20H,4-5,9H2,1-3H3. The lowest BCUT2D eigenvalue weighted by Gasteiger charge is -2.54. The monoisotopic (exact) mass is 283 g/mol. The highest BCUT2D eigenvalue weighted by atomic mass is 16.5. The van der Waals surface area contributed by atoms with Gasteiger partial charge in [-0.3, -0.25) is 0 Å². The predicted octanol–water partition coefficient (Wildman–Crippen LogP) is 3.44. The molecule has 1 aliphatic rings. The molecule has 0 saturated heterocycles. The highest BCUT2D eigenvalue weighted by Crippen LogP contribution is 2.47. The van der Waals surface area contributed by atoms with E-state index >= 15 is 0 Å². The number of hydrogen-bond donors (Lipinski definition) is 1. The molecule has 0 spiro atoms. The van der Waals surface area contributed by atoms with E-state index in [0.717, 1.165) is 25.1 Å². The van der Waals surface area contributed by atoms with Gasteiger partial charge in [0.15, 0.2) is 0 Å². The van der Waals surface area contributed by atoms with Gasteiger partial charge in [-0.05, 0) is 38.0 Å². The third-order valence-corrected chi connectivity index (χ3v) is 4.71. The lowest BCUT2D eigenvalue weighted by atomic mass is 9.61. The Morgan fingerprint density at radius 2 is 2.00 bits per heavy atom. The first kappa shape index (κ1) is 15.4. The lowest BCUT2D eigenvalue weighted by molar-refractivity contribution is -0.109. The molecule has 0 heterocycles. The third-order valence-electron chi connectivity index (χ3n) is 4.71. The quantitative estimate of drug-likeness (QED) is 0.898. The van der Waals surface area contributed by atoms with E-state index in [4.69, 9.17) is 15.3 Å². The van der Waals surface area contributed by atoms with Crippen molar-refractivity contribution in [3.05, 3.63) is 29.3 Å². The van der Waals surface area contributed by atoms with E-state index in [1.165, 1.54) is 0 Å². The number of nitriles is 2. The zero-order valence-corrected chi connectivity index (χ0v) is 12.8. The van der Waals surface area contributed by atoms with Crippen molar-refractivity contribution in [2.75, 3.05) is 11.9 Å². The predicted molar refractivity (Wildman–Crippen MR) is 81.7 cm³/mol. The van der Waals surface area contributed by atoms with Gasteiger partial charge in [-0.2, -0.15) is 10.5 Å². The van der Waals surface area contributed by atoms with E-state index < -0.39 is 0 Å². The van der Waals surface area contributed by atoms with Crippen LogP contribution in [0.1, 0.15) is 44.7 Å². The molecule has 1 aromatic rings. The van der Waals surface area contributed by atoms with Crippen LogP contribution in [-0.2, 0) is 4.74 Å². The molecule has 1 N–H and O–H groups in total. The minimum Gasteiger partial charge on any atom is -0.382 e. The van der Waals surface area contributed by atoms with Gasteiger partial charge in [0, 0.05) is 23.8 Å². The third kappa shape index (κ3) is 2.73. The summed E-state index contributed by atoms with van der Waals surface area (Å²) in [6.45, 7) is 7.18. The second kappa shape index (κ2) is 6.16. The van der Waals surface area contributed by atoms with E-state index in [-0.39, 0.29) is 5.41 Å². The Kier molecular flexibility index (Phi) is 4.50. The molecule has 0 aromatic heterocycles. The first-order valence-electron chi connectivity index (χ1n) is 7.41. The molecule has 4 nitrogen and oxygen atoms in total. The summed E-state index contributed by atoms with van der Waals surface area (Å²) in [5, 5.41) is 21.5. The molecule has 1 aliphatic carbocycles. The van der Waals surface area contributed by atoms with E-state index in [2.05, 4.69) is 25.2 Å². The second-order valence-electron chi connectivity index (χ2n) is 5.72. The summed E-state index contributed by atoms with van der Waals surface area (Å²) in [4.78, 5) is 0. The number of anilines is 1. The number of ether oxygens (including phenoxy) is 1. The fourth-order valence-electron chi connectivity index (χ4n) is 3.00. The molecule has 4 heteroatoms. The molecule has 0 radical (unpaired) electrons. The summed E-state index contributed by atoms with van der Waals surface area (Å²) in [5.41, 5.74) is 1.84. The van der Waals surface area contributed by atoms with Crippen molar-refractivity contribution in [2.45, 2.75) is 45.8 Å². The van der Waals surface area contributed by atoms with Gasteiger partial charge < -0.3 is 10.1 Å². The van der Waals surface area contributed by atoms with Crippen molar-refractivity contribution in [1.29, 1.82) is 10.5 Å². The Balaban J connectivity index is 2.13. The van der Waals surface area contributed by atoms with Crippen LogP contribution in [0.4, 0.5) is 5.69 Å². The molecule has 0 bridgehead atoms. The zero-order chi connectivity index (χ0) is 15.5. The van der Waals surface area contributed by atoms with Crippen molar-refractivity contribution < 1.29 is 4.74 Å². The van der Waals surface area contributed by atoms with Crippen molar-refractivity contribution in [1.82, 2.24) is 0 Å². The van der Waals surface area contributed by atoms with E-state index in [1.54, 1.807) is 12.1 Å². The van der Waals surface area contributed by atoms with Crippen molar-refractivity contribution >= 4 is 5.69 Å². The average molecular weight is 283 g/mol. The summed E-state index contributed by atoms with van der Waals surface area (Å²) in [6.07, 6.45) is 2.30. The van der Waals surface area contributed by atoms with Crippen LogP contribution in [0.3, 0.4) is 0 Å². The molecule has 1 saturated carbocycles. The first-order chi connectivity index (χ1) is 10.1. The van der Waals surface area contributed by atoms with Gasteiger partial charge in [0.25, 0.3) is 0 Å². The molecule has 0 amide bonds. The number of nitrogens with zero attached hydrogens (tertiary/aromatic N) is 2. The summed E-state index contributed by atoms with van der Waals surface area (Å²) >= 11 is 0. The van der Waals surface area contributed by atoms with Crippen molar-refractivity contribution in [3.63, 3.8) is 0 Å². The lowest BCUT2D eigenvalue weighted by Crippen LogP contribution is -2.59. The highest BCUT2D eigenvalue weighted by Gasteiger charge is 2.51. The Labute approximate surface area is 126 Å². The van der Waals surface area contributed by atoms with Crippen LogP contribution >= 0.6 is 0 Å². The topological polar surface area (TPSA) is 68.8 Å². The molecule has 2 rings (SSSR count). The number of nitrogens with one attached hydrogen (secondary N) is 1. The zero-order valence-electron chi connectivity index (χ0n) is 12.8. The Bertz CT molecular complexity index is 599. The number of benzene rings is 1. The van der Waals surface area contributed by atoms with Gasteiger partial charge in [-0.25, -0.2) is 0 Å². The van der Waals surface area contributed by atoms with Gasteiger partial charge in [-0.1, -0.05) is 13.8 Å². The fraction of sp³-hybridized carbons (Fsp3) is 0.529. The molecule has 3 unspecified atom stereocenters. The smallest absolute Gasteiger partial charge is 0.101 e. The Hall–Kier alpha value is -2.04. The molecule has 0 aliphatic heterocycles. The first-order valence-corrected chi connectivity index (χ1v) is 7.41. The average Bonchev–Trinajstić information content (AvgIpc) is 2.52. The fourth-order valence-corrected chi connectivity index (χ4v) is 3.00. The van der Waals surface area contributed by atoms with Crippen LogP contribution in [0.2, 0.25) is 0 Å². The van der Waals surface area contributed by atoms with E-state index in [0.29, 0.717) is 23.3 Å². The Morgan fingerprint density at radius 3 is 2.57 bits per heavy atom. The summed E-state index contributed by atoms with van der Waals surface area (Å²) in [5.74, 6) is 0. The van der Waals surface area contributed by atoms with Gasteiger partial charge >= 0.3 is 0 Å². The van der Waals surface area contributed by atoms with Crippen LogP contribution in [0.15, 0.2) is 18.2 Å². The maximum absolute atomic E-state index is 9.09. The molecular formula is C17H21N3O. The normalized spacial score (nSPS) is 27.3. The van der Waals surface area contributed by atoms with Gasteiger partial charge in [0.05, 0.1) is 17.2 Å². The van der Waals surface area contributed by atoms with Crippen molar-refractivity contribution in [2.24, 2.45) is 5.41 Å². The van der Waals surface area contributed by atoms with Gasteiger partial charge in [0.2, 0.25) is 0 Å². The summed E-state index contributed by atoms with van der Waals surface area (Å²) in [7, 11) is 0. The SMILES string of the molecule is CCOC1CC(Nc2ccc(C#N)c(C#N)c2)C1(C)CC. The second-order valence-corrected chi connectivity index (χ2v) is 5.72. The van der Waals surface area contributed by atoms with Crippen molar-refractivity contribution in [3.8, 4) is 12.1 Å². The molecule has 3 atom stereocenters. The molecular weight excluding hydrogens is 262 g/mol. The van der Waals surface area contributed by atoms with E-state index in [9.17, 15) is 0 Å². The maximum Gasteiger partial charge on any atom is 0.101 e. The minimum absolute atomic E-state index is 0.108. The van der Waals surface area contributed by atoms with Crippen LogP contribution in [-0.4, -0.2) is 18.8 Å². The number of rotatable bonds is 5. The largest absolute Gasteiger partial charge is 0.382 e. The van der Waals surface area contributed by atoms with Crippen LogP contribution in [0.5, 0.6) is 0 Å².